The molecule has 0 aliphatic rings. The van der Waals surface area contributed by atoms with Gasteiger partial charge in [0.15, 0.2) is 0 Å². The summed E-state index contributed by atoms with van der Waals surface area (Å²) in [6.07, 6.45) is 1.85. The molecule has 4 heteroatoms. The second-order valence-electron chi connectivity index (χ2n) is 4.26. The lowest BCUT2D eigenvalue weighted by molar-refractivity contribution is 0.412. The Bertz CT molecular complexity index is 692. The number of hydrogen-bond acceptors (Lipinski definition) is 2. The first-order valence-electron chi connectivity index (χ1n) is 5.86. The molecule has 0 unspecified atom stereocenters. The van der Waals surface area contributed by atoms with E-state index in [1.165, 1.54) is 0 Å². The number of fused-ring (bicyclic) bond motifs is 1. The molecule has 2 aromatic carbocycles. The van der Waals surface area contributed by atoms with Crippen molar-refractivity contribution in [3.8, 4) is 11.4 Å². The fourth-order valence-electron chi connectivity index (χ4n) is 2.15. The largest absolute Gasteiger partial charge is 0.496 e. The summed E-state index contributed by atoms with van der Waals surface area (Å²) in [6, 6.07) is 14.3. The Morgan fingerprint density at radius 2 is 1.84 bits per heavy atom. The first kappa shape index (κ1) is 13.4. The highest BCUT2D eigenvalue weighted by molar-refractivity contribution is 5.85. The molecule has 0 fully saturated rings. The number of hydrogen-bond donors (Lipinski definition) is 0. The second kappa shape index (κ2) is 5.33. The van der Waals surface area contributed by atoms with Crippen LogP contribution in [0.15, 0.2) is 48.8 Å². The molecule has 1 heterocycles. The number of benzene rings is 2. The third-order valence-corrected chi connectivity index (χ3v) is 3.10. The molecule has 0 bridgehead atoms. The molecule has 0 saturated carbocycles. The normalized spacial score (nSPS) is 10.2. The van der Waals surface area contributed by atoms with Crippen molar-refractivity contribution in [1.29, 1.82) is 0 Å². The van der Waals surface area contributed by atoms with Crippen LogP contribution in [-0.4, -0.2) is 16.7 Å². The molecule has 19 heavy (non-hydrogen) atoms. The first-order valence-corrected chi connectivity index (χ1v) is 5.86. The number of halogens is 1. The lowest BCUT2D eigenvalue weighted by atomic mass is 10.2. The summed E-state index contributed by atoms with van der Waals surface area (Å²) < 4.78 is 7.40. The van der Waals surface area contributed by atoms with Crippen molar-refractivity contribution in [3.05, 3.63) is 54.4 Å². The molecular weight excluding hydrogens is 260 g/mol. The Balaban J connectivity index is 0.00000133. The van der Waals surface area contributed by atoms with Crippen LogP contribution in [-0.2, 0) is 0 Å². The number of imidazole rings is 1. The van der Waals surface area contributed by atoms with E-state index in [-0.39, 0.29) is 12.4 Å². The van der Waals surface area contributed by atoms with Crippen LogP contribution in [0.1, 0.15) is 5.56 Å². The predicted molar refractivity (Wildman–Crippen MR) is 79.6 cm³/mol. The molecule has 0 aliphatic carbocycles. The molecule has 0 aliphatic heterocycles. The SMILES string of the molecule is COc1cc2ncn(-c3ccccc3)c2cc1C.Cl. The molecule has 0 atom stereocenters. The van der Waals surface area contributed by atoms with Crippen molar-refractivity contribution in [2.75, 3.05) is 7.11 Å². The zero-order valence-electron chi connectivity index (χ0n) is 10.8. The molecule has 1 aromatic heterocycles. The molecule has 0 amide bonds. The second-order valence-corrected chi connectivity index (χ2v) is 4.26. The van der Waals surface area contributed by atoms with Crippen molar-refractivity contribution in [3.63, 3.8) is 0 Å². The third-order valence-electron chi connectivity index (χ3n) is 3.10. The Labute approximate surface area is 118 Å². The molecule has 3 aromatic rings. The van der Waals surface area contributed by atoms with E-state index < -0.39 is 0 Å². The van der Waals surface area contributed by atoms with Gasteiger partial charge in [0.25, 0.3) is 0 Å². The number of aryl methyl sites for hydroxylation is 1. The van der Waals surface area contributed by atoms with E-state index in [0.29, 0.717) is 0 Å². The molecule has 98 valence electrons. The number of aromatic nitrogens is 2. The molecule has 3 rings (SSSR count). The monoisotopic (exact) mass is 274 g/mol. The Hall–Kier alpha value is -2.00. The predicted octanol–water partition coefficient (Wildman–Crippen LogP) is 3.76. The minimum atomic E-state index is 0. The van der Waals surface area contributed by atoms with Crippen LogP contribution in [0.2, 0.25) is 0 Å². The number of ether oxygens (including phenoxy) is 1. The highest BCUT2D eigenvalue weighted by Crippen LogP contribution is 2.26. The number of para-hydroxylation sites is 1. The molecule has 0 saturated heterocycles. The van der Waals surface area contributed by atoms with E-state index in [0.717, 1.165) is 28.0 Å². The zero-order chi connectivity index (χ0) is 12.5. The summed E-state index contributed by atoms with van der Waals surface area (Å²) in [5.41, 5.74) is 4.27. The topological polar surface area (TPSA) is 27.1 Å². The van der Waals surface area contributed by atoms with E-state index in [9.17, 15) is 0 Å². The Morgan fingerprint density at radius 3 is 2.53 bits per heavy atom. The fraction of sp³-hybridized carbons (Fsp3) is 0.133. The van der Waals surface area contributed by atoms with Crippen molar-refractivity contribution in [2.45, 2.75) is 6.92 Å². The standard InChI is InChI=1S/C15H14N2O.ClH/c1-11-8-14-13(9-15(11)18-2)16-10-17(14)12-6-4-3-5-7-12;/h3-10H,1-2H3;1H. The van der Waals surface area contributed by atoms with Crippen LogP contribution < -0.4 is 4.74 Å². The zero-order valence-corrected chi connectivity index (χ0v) is 11.6. The van der Waals surface area contributed by atoms with Gasteiger partial charge in [-0.2, -0.15) is 0 Å². The van der Waals surface area contributed by atoms with E-state index in [1.807, 2.05) is 37.5 Å². The van der Waals surface area contributed by atoms with E-state index in [1.54, 1.807) is 7.11 Å². The van der Waals surface area contributed by atoms with Gasteiger partial charge in [0, 0.05) is 11.8 Å². The van der Waals surface area contributed by atoms with E-state index in [4.69, 9.17) is 4.74 Å². The maximum absolute atomic E-state index is 5.32. The van der Waals surface area contributed by atoms with Gasteiger partial charge in [0.05, 0.1) is 18.1 Å². The van der Waals surface area contributed by atoms with Crippen molar-refractivity contribution >= 4 is 23.4 Å². The van der Waals surface area contributed by atoms with Crippen LogP contribution >= 0.6 is 12.4 Å². The number of rotatable bonds is 2. The molecule has 3 nitrogen and oxygen atoms in total. The minimum absolute atomic E-state index is 0. The maximum Gasteiger partial charge on any atom is 0.124 e. The van der Waals surface area contributed by atoms with Crippen LogP contribution in [0.3, 0.4) is 0 Å². The fourth-order valence-corrected chi connectivity index (χ4v) is 2.15. The quantitative estimate of drug-likeness (QED) is 0.711. The average molecular weight is 275 g/mol. The van der Waals surface area contributed by atoms with Gasteiger partial charge in [-0.15, -0.1) is 12.4 Å². The Kier molecular flexibility index (Phi) is 3.76. The van der Waals surface area contributed by atoms with Gasteiger partial charge in [0.2, 0.25) is 0 Å². The summed E-state index contributed by atoms with van der Waals surface area (Å²) in [6.45, 7) is 2.04. The van der Waals surface area contributed by atoms with Crippen molar-refractivity contribution in [2.24, 2.45) is 0 Å². The van der Waals surface area contributed by atoms with Crippen LogP contribution in [0.5, 0.6) is 5.75 Å². The van der Waals surface area contributed by atoms with Gasteiger partial charge in [-0.3, -0.25) is 4.57 Å². The average Bonchev–Trinajstić information content (AvgIpc) is 2.81. The van der Waals surface area contributed by atoms with Gasteiger partial charge in [0.1, 0.15) is 12.1 Å². The third kappa shape index (κ3) is 2.29. The van der Waals surface area contributed by atoms with Gasteiger partial charge in [-0.25, -0.2) is 4.98 Å². The Morgan fingerprint density at radius 1 is 1.11 bits per heavy atom. The molecule has 0 radical (unpaired) electrons. The van der Waals surface area contributed by atoms with E-state index >= 15 is 0 Å². The highest BCUT2D eigenvalue weighted by atomic mass is 35.5. The van der Waals surface area contributed by atoms with Crippen molar-refractivity contribution < 1.29 is 4.74 Å². The number of methoxy groups -OCH3 is 1. The highest BCUT2D eigenvalue weighted by Gasteiger charge is 2.08. The smallest absolute Gasteiger partial charge is 0.124 e. The summed E-state index contributed by atoms with van der Waals surface area (Å²) in [7, 11) is 1.68. The van der Waals surface area contributed by atoms with Crippen LogP contribution in [0.25, 0.3) is 16.7 Å². The summed E-state index contributed by atoms with van der Waals surface area (Å²) >= 11 is 0. The van der Waals surface area contributed by atoms with Crippen LogP contribution in [0.4, 0.5) is 0 Å². The van der Waals surface area contributed by atoms with Crippen molar-refractivity contribution in [1.82, 2.24) is 9.55 Å². The summed E-state index contributed by atoms with van der Waals surface area (Å²) in [4.78, 5) is 4.43. The molecule has 0 spiro atoms. The summed E-state index contributed by atoms with van der Waals surface area (Å²) in [5, 5.41) is 0. The lowest BCUT2D eigenvalue weighted by Crippen LogP contribution is -1.92. The number of nitrogens with zero attached hydrogens (tertiary/aromatic N) is 2. The van der Waals surface area contributed by atoms with Gasteiger partial charge in [-0.1, -0.05) is 18.2 Å². The molecule has 0 N–H and O–H groups in total. The first-order chi connectivity index (χ1) is 8.79. The maximum atomic E-state index is 5.32. The lowest BCUT2D eigenvalue weighted by Gasteiger charge is -2.07. The van der Waals surface area contributed by atoms with Crippen LogP contribution in [0, 0.1) is 6.92 Å². The molecular formula is C15H15ClN2O. The van der Waals surface area contributed by atoms with Gasteiger partial charge in [-0.05, 0) is 30.7 Å². The minimum Gasteiger partial charge on any atom is -0.496 e. The van der Waals surface area contributed by atoms with Gasteiger partial charge < -0.3 is 4.74 Å². The van der Waals surface area contributed by atoms with Gasteiger partial charge >= 0.3 is 0 Å². The van der Waals surface area contributed by atoms with E-state index in [2.05, 4.69) is 27.8 Å². The summed E-state index contributed by atoms with van der Waals surface area (Å²) in [5.74, 6) is 0.876.